The summed E-state index contributed by atoms with van der Waals surface area (Å²) in [5.74, 6) is 0.707. The van der Waals surface area contributed by atoms with Crippen molar-refractivity contribution < 1.29 is 19.1 Å². The molecule has 1 aliphatic rings. The van der Waals surface area contributed by atoms with Gasteiger partial charge in [-0.3, -0.25) is 9.59 Å². The molecule has 134 valence electrons. The van der Waals surface area contributed by atoms with E-state index in [1.165, 1.54) is 7.11 Å². The van der Waals surface area contributed by atoms with Crippen molar-refractivity contribution in [2.45, 2.75) is 38.5 Å². The predicted molar refractivity (Wildman–Crippen MR) is 94.2 cm³/mol. The van der Waals surface area contributed by atoms with Gasteiger partial charge in [0.25, 0.3) is 0 Å². The number of hydrogen-bond acceptors (Lipinski definition) is 5. The van der Waals surface area contributed by atoms with Crippen LogP contribution in [0.3, 0.4) is 0 Å². The molecular formula is C18H26ClNO4. The molecule has 0 aromatic heterocycles. The number of ether oxygens (including phenoxy) is 2. The first-order valence-corrected chi connectivity index (χ1v) is 8.20. The quantitative estimate of drug-likeness (QED) is 0.627. The number of halogens is 1. The molecule has 0 amide bonds. The zero-order valence-corrected chi connectivity index (χ0v) is 14.8. The van der Waals surface area contributed by atoms with Crippen molar-refractivity contribution in [3.63, 3.8) is 0 Å². The zero-order chi connectivity index (χ0) is 16.7. The van der Waals surface area contributed by atoms with E-state index in [1.54, 1.807) is 12.1 Å². The van der Waals surface area contributed by atoms with Gasteiger partial charge in [0.2, 0.25) is 0 Å². The van der Waals surface area contributed by atoms with Crippen molar-refractivity contribution in [3.8, 4) is 5.75 Å². The van der Waals surface area contributed by atoms with Gasteiger partial charge in [0, 0.05) is 6.42 Å². The van der Waals surface area contributed by atoms with Crippen LogP contribution in [0.5, 0.6) is 5.75 Å². The second-order valence-electron chi connectivity index (χ2n) is 6.09. The maximum absolute atomic E-state index is 12.2. The Morgan fingerprint density at radius 1 is 1.12 bits per heavy atom. The number of aryl methyl sites for hydroxylation is 1. The molecule has 0 unspecified atom stereocenters. The largest absolute Gasteiger partial charge is 0.469 e. The molecule has 0 spiro atoms. The van der Waals surface area contributed by atoms with Crippen molar-refractivity contribution >= 4 is 24.3 Å². The van der Waals surface area contributed by atoms with E-state index in [4.69, 9.17) is 10.5 Å². The highest BCUT2D eigenvalue weighted by Gasteiger charge is 2.27. The van der Waals surface area contributed by atoms with Crippen molar-refractivity contribution in [2.75, 3.05) is 13.7 Å². The third kappa shape index (κ3) is 6.13. The Bertz CT molecular complexity index is 524. The van der Waals surface area contributed by atoms with Crippen LogP contribution in [0.15, 0.2) is 24.3 Å². The molecule has 1 aromatic rings. The summed E-state index contributed by atoms with van der Waals surface area (Å²) in [6.07, 6.45) is 4.69. The van der Waals surface area contributed by atoms with Crippen LogP contribution in [-0.2, 0) is 20.7 Å². The number of methoxy groups -OCH3 is 1. The van der Waals surface area contributed by atoms with Crippen LogP contribution < -0.4 is 10.5 Å². The predicted octanol–water partition coefficient (Wildman–Crippen LogP) is 2.88. The van der Waals surface area contributed by atoms with Gasteiger partial charge < -0.3 is 15.2 Å². The number of rotatable bonds is 6. The number of benzene rings is 1. The van der Waals surface area contributed by atoms with Gasteiger partial charge in [-0.25, -0.2) is 0 Å². The molecular weight excluding hydrogens is 330 g/mol. The van der Waals surface area contributed by atoms with Crippen LogP contribution in [0, 0.1) is 11.8 Å². The highest BCUT2D eigenvalue weighted by Crippen LogP contribution is 2.29. The highest BCUT2D eigenvalue weighted by atomic mass is 35.5. The fourth-order valence-electron chi connectivity index (χ4n) is 2.91. The van der Waals surface area contributed by atoms with E-state index in [1.807, 2.05) is 12.1 Å². The molecule has 5 nitrogen and oxygen atoms in total. The van der Waals surface area contributed by atoms with Gasteiger partial charge in [0.1, 0.15) is 5.75 Å². The first-order valence-electron chi connectivity index (χ1n) is 8.20. The standard InChI is InChI=1S/C18H25NO4.ClH/c1-22-17(20)11-6-13-4-9-16(10-5-13)23-18(21)15-7-2-14(12-19)3-8-15;/h4-5,9-10,14-15H,2-3,6-8,11-12,19H2,1H3;1H. The molecule has 1 saturated carbocycles. The Hall–Kier alpha value is -1.59. The van der Waals surface area contributed by atoms with Crippen molar-refractivity contribution in [1.29, 1.82) is 0 Å². The summed E-state index contributed by atoms with van der Waals surface area (Å²) >= 11 is 0. The van der Waals surface area contributed by atoms with Gasteiger partial charge in [0.05, 0.1) is 13.0 Å². The molecule has 6 heteroatoms. The summed E-state index contributed by atoms with van der Waals surface area (Å²) in [5.41, 5.74) is 6.68. The Balaban J connectivity index is 0.00000288. The third-order valence-corrected chi connectivity index (χ3v) is 4.50. The van der Waals surface area contributed by atoms with Gasteiger partial charge in [-0.2, -0.15) is 0 Å². The molecule has 0 aliphatic heterocycles. The maximum Gasteiger partial charge on any atom is 0.314 e. The summed E-state index contributed by atoms with van der Waals surface area (Å²) in [6, 6.07) is 7.29. The van der Waals surface area contributed by atoms with E-state index in [2.05, 4.69) is 4.74 Å². The van der Waals surface area contributed by atoms with Crippen molar-refractivity contribution in [3.05, 3.63) is 29.8 Å². The molecule has 1 aliphatic carbocycles. The van der Waals surface area contributed by atoms with Crippen LogP contribution in [0.25, 0.3) is 0 Å². The van der Waals surface area contributed by atoms with E-state index >= 15 is 0 Å². The lowest BCUT2D eigenvalue weighted by Gasteiger charge is -2.26. The van der Waals surface area contributed by atoms with Crippen LogP contribution >= 0.6 is 12.4 Å². The van der Waals surface area contributed by atoms with E-state index in [-0.39, 0.29) is 30.3 Å². The average Bonchev–Trinajstić information content (AvgIpc) is 2.60. The Labute approximate surface area is 149 Å². The van der Waals surface area contributed by atoms with Crippen LogP contribution in [0.2, 0.25) is 0 Å². The Morgan fingerprint density at radius 3 is 2.29 bits per heavy atom. The third-order valence-electron chi connectivity index (χ3n) is 4.50. The van der Waals surface area contributed by atoms with E-state index in [9.17, 15) is 9.59 Å². The minimum Gasteiger partial charge on any atom is -0.469 e. The summed E-state index contributed by atoms with van der Waals surface area (Å²) in [6.45, 7) is 0.703. The monoisotopic (exact) mass is 355 g/mol. The maximum atomic E-state index is 12.2. The molecule has 0 atom stereocenters. The number of esters is 2. The summed E-state index contributed by atoms with van der Waals surface area (Å²) in [4.78, 5) is 23.3. The van der Waals surface area contributed by atoms with E-state index < -0.39 is 0 Å². The summed E-state index contributed by atoms with van der Waals surface area (Å²) in [5, 5.41) is 0. The van der Waals surface area contributed by atoms with Gasteiger partial charge in [-0.15, -0.1) is 12.4 Å². The molecule has 2 rings (SSSR count). The van der Waals surface area contributed by atoms with Crippen LogP contribution in [0.1, 0.15) is 37.7 Å². The van der Waals surface area contributed by atoms with Crippen molar-refractivity contribution in [1.82, 2.24) is 0 Å². The smallest absolute Gasteiger partial charge is 0.314 e. The fraction of sp³-hybridized carbons (Fsp3) is 0.556. The molecule has 0 radical (unpaired) electrons. The number of carbonyl (C=O) groups is 2. The molecule has 0 heterocycles. The Morgan fingerprint density at radius 2 is 1.75 bits per heavy atom. The lowest BCUT2D eigenvalue weighted by molar-refractivity contribution is -0.141. The molecule has 1 aromatic carbocycles. The van der Waals surface area contributed by atoms with Gasteiger partial charge in [0.15, 0.2) is 0 Å². The first-order chi connectivity index (χ1) is 11.1. The average molecular weight is 356 g/mol. The second kappa shape index (κ2) is 10.3. The fourth-order valence-corrected chi connectivity index (χ4v) is 2.91. The second-order valence-corrected chi connectivity index (χ2v) is 6.09. The minimum absolute atomic E-state index is 0. The van der Waals surface area contributed by atoms with Crippen molar-refractivity contribution in [2.24, 2.45) is 17.6 Å². The zero-order valence-electron chi connectivity index (χ0n) is 14.0. The van der Waals surface area contributed by atoms with E-state index in [0.717, 1.165) is 31.2 Å². The topological polar surface area (TPSA) is 78.6 Å². The number of nitrogens with two attached hydrogens (primary N) is 1. The van der Waals surface area contributed by atoms with Gasteiger partial charge in [-0.1, -0.05) is 12.1 Å². The molecule has 24 heavy (non-hydrogen) atoms. The normalized spacial score (nSPS) is 19.9. The molecule has 1 fully saturated rings. The molecule has 0 saturated heterocycles. The van der Waals surface area contributed by atoms with Crippen LogP contribution in [0.4, 0.5) is 0 Å². The number of carbonyl (C=O) groups excluding carboxylic acids is 2. The van der Waals surface area contributed by atoms with Crippen LogP contribution in [-0.4, -0.2) is 25.6 Å². The van der Waals surface area contributed by atoms with E-state index in [0.29, 0.717) is 31.1 Å². The Kier molecular flexibility index (Phi) is 8.79. The van der Waals surface area contributed by atoms with Gasteiger partial charge >= 0.3 is 11.9 Å². The summed E-state index contributed by atoms with van der Waals surface area (Å²) in [7, 11) is 1.38. The summed E-state index contributed by atoms with van der Waals surface area (Å²) < 4.78 is 10.1. The highest BCUT2D eigenvalue weighted by molar-refractivity contribution is 5.85. The first kappa shape index (κ1) is 20.5. The molecule has 0 bridgehead atoms. The van der Waals surface area contributed by atoms with Gasteiger partial charge in [-0.05, 0) is 62.3 Å². The number of hydrogen-bond donors (Lipinski definition) is 1. The SMILES string of the molecule is COC(=O)CCc1ccc(OC(=O)C2CCC(CN)CC2)cc1.Cl. The lowest BCUT2D eigenvalue weighted by Crippen LogP contribution is -2.28. The lowest BCUT2D eigenvalue weighted by atomic mass is 9.82. The molecule has 2 N–H and O–H groups in total. The minimum atomic E-state index is -0.228.